The number of aromatic nitrogens is 2. The fourth-order valence-corrected chi connectivity index (χ4v) is 1.89. The number of esters is 1. The van der Waals surface area contributed by atoms with Gasteiger partial charge in [0.1, 0.15) is 5.69 Å². The summed E-state index contributed by atoms with van der Waals surface area (Å²) in [4.78, 5) is 15.3. The second-order valence-electron chi connectivity index (χ2n) is 4.26. The minimum Gasteiger partial charge on any atom is -0.460 e. The predicted molar refractivity (Wildman–Crippen MR) is 68.7 cm³/mol. The summed E-state index contributed by atoms with van der Waals surface area (Å²) in [6.07, 6.45) is -3.94. The third-order valence-electron chi connectivity index (χ3n) is 2.79. The lowest BCUT2D eigenvalue weighted by atomic mass is 10.2. The maximum atomic E-state index is 13.0. The number of benzene rings is 1. The molecule has 0 amide bonds. The van der Waals surface area contributed by atoms with Gasteiger partial charge in [-0.3, -0.25) is 0 Å². The topological polar surface area (TPSA) is 44.1 Å². The molecule has 112 valence electrons. The molecular formula is C14H13F3N2O2. The van der Waals surface area contributed by atoms with E-state index in [0.29, 0.717) is 11.8 Å². The van der Waals surface area contributed by atoms with Crippen LogP contribution in [-0.2, 0) is 17.5 Å². The fourth-order valence-electron chi connectivity index (χ4n) is 1.89. The van der Waals surface area contributed by atoms with Crippen molar-refractivity contribution >= 4 is 5.97 Å². The number of ether oxygens (including phenoxy) is 1. The fraction of sp³-hybridized carbons (Fsp3) is 0.286. The van der Waals surface area contributed by atoms with Gasteiger partial charge in [0.25, 0.3) is 0 Å². The highest BCUT2D eigenvalue weighted by atomic mass is 19.4. The van der Waals surface area contributed by atoms with Crippen LogP contribution in [0, 0.1) is 0 Å². The van der Waals surface area contributed by atoms with Gasteiger partial charge >= 0.3 is 12.1 Å². The van der Waals surface area contributed by atoms with Crippen LogP contribution in [0.1, 0.15) is 28.8 Å². The molecule has 21 heavy (non-hydrogen) atoms. The first-order valence-electron chi connectivity index (χ1n) is 6.27. The van der Waals surface area contributed by atoms with Gasteiger partial charge in [-0.1, -0.05) is 30.3 Å². The van der Waals surface area contributed by atoms with Gasteiger partial charge in [0.05, 0.1) is 12.8 Å². The monoisotopic (exact) mass is 298 g/mol. The summed E-state index contributed by atoms with van der Waals surface area (Å²) >= 11 is 0. The van der Waals surface area contributed by atoms with Gasteiger partial charge in [0.2, 0.25) is 5.82 Å². The Morgan fingerprint density at radius 2 is 1.95 bits per heavy atom. The van der Waals surface area contributed by atoms with Crippen molar-refractivity contribution in [3.8, 4) is 0 Å². The van der Waals surface area contributed by atoms with Gasteiger partial charge < -0.3 is 9.30 Å². The molecule has 1 aromatic heterocycles. The molecule has 0 aliphatic heterocycles. The van der Waals surface area contributed by atoms with E-state index in [1.807, 2.05) is 0 Å². The van der Waals surface area contributed by atoms with Crippen LogP contribution in [0.5, 0.6) is 0 Å². The Kier molecular flexibility index (Phi) is 4.30. The Hall–Kier alpha value is -2.31. The molecule has 1 heterocycles. The van der Waals surface area contributed by atoms with E-state index in [0.717, 1.165) is 4.57 Å². The van der Waals surface area contributed by atoms with Gasteiger partial charge in [0, 0.05) is 6.54 Å². The van der Waals surface area contributed by atoms with Crippen molar-refractivity contribution in [1.29, 1.82) is 0 Å². The molecule has 0 unspecified atom stereocenters. The zero-order valence-electron chi connectivity index (χ0n) is 11.2. The molecule has 0 aliphatic carbocycles. The van der Waals surface area contributed by atoms with Gasteiger partial charge in [-0.15, -0.1) is 0 Å². The molecule has 0 atom stereocenters. The molecule has 0 N–H and O–H groups in total. The summed E-state index contributed by atoms with van der Waals surface area (Å²) in [6.45, 7) is 1.54. The van der Waals surface area contributed by atoms with Crippen LogP contribution in [0.3, 0.4) is 0 Å². The summed E-state index contributed by atoms with van der Waals surface area (Å²) in [5.74, 6) is -1.23. The number of nitrogens with zero attached hydrogens (tertiary/aromatic N) is 2. The van der Waals surface area contributed by atoms with Crippen LogP contribution in [0.4, 0.5) is 13.2 Å². The quantitative estimate of drug-likeness (QED) is 0.815. The average molecular weight is 298 g/mol. The third-order valence-corrected chi connectivity index (χ3v) is 2.79. The smallest absolute Gasteiger partial charge is 0.433 e. The molecule has 0 fully saturated rings. The van der Waals surface area contributed by atoms with Crippen molar-refractivity contribution in [2.24, 2.45) is 0 Å². The first kappa shape index (κ1) is 15.1. The third kappa shape index (κ3) is 3.42. The Morgan fingerprint density at radius 3 is 2.52 bits per heavy atom. The first-order valence-corrected chi connectivity index (χ1v) is 6.27. The summed E-state index contributed by atoms with van der Waals surface area (Å²) < 4.78 is 44.6. The van der Waals surface area contributed by atoms with Gasteiger partial charge in [-0.05, 0) is 12.5 Å². The van der Waals surface area contributed by atoms with E-state index in [-0.39, 0.29) is 19.0 Å². The average Bonchev–Trinajstić information content (AvgIpc) is 2.84. The highest BCUT2D eigenvalue weighted by Gasteiger charge is 2.37. The van der Waals surface area contributed by atoms with Crippen molar-refractivity contribution in [2.75, 3.05) is 6.61 Å². The number of hydrogen-bond donors (Lipinski definition) is 0. The zero-order valence-corrected chi connectivity index (χ0v) is 11.2. The molecule has 0 bridgehead atoms. The van der Waals surface area contributed by atoms with Crippen LogP contribution >= 0.6 is 0 Å². The summed E-state index contributed by atoms with van der Waals surface area (Å²) in [5.41, 5.74) is -0.346. The number of hydrogen-bond acceptors (Lipinski definition) is 3. The Bertz CT molecular complexity index is 621. The lowest BCUT2D eigenvalue weighted by molar-refractivity contribution is -0.143. The number of carbonyl (C=O) groups excluding carboxylic acids is 1. The van der Waals surface area contributed by atoms with Crippen molar-refractivity contribution in [3.05, 3.63) is 53.6 Å². The summed E-state index contributed by atoms with van der Waals surface area (Å²) in [7, 11) is 0. The normalized spacial score (nSPS) is 11.4. The Labute approximate surface area is 119 Å². The Morgan fingerprint density at radius 1 is 1.29 bits per heavy atom. The molecule has 7 heteroatoms. The molecule has 0 saturated carbocycles. The maximum Gasteiger partial charge on any atom is 0.433 e. The molecule has 4 nitrogen and oxygen atoms in total. The van der Waals surface area contributed by atoms with Crippen molar-refractivity contribution in [3.63, 3.8) is 0 Å². The van der Waals surface area contributed by atoms with E-state index in [9.17, 15) is 18.0 Å². The van der Waals surface area contributed by atoms with E-state index < -0.39 is 17.8 Å². The lowest BCUT2D eigenvalue weighted by Crippen LogP contribution is -2.19. The number of imidazole rings is 1. The number of rotatable bonds is 4. The van der Waals surface area contributed by atoms with Crippen LogP contribution in [-0.4, -0.2) is 22.1 Å². The molecule has 2 aromatic rings. The second-order valence-corrected chi connectivity index (χ2v) is 4.26. The highest BCUT2D eigenvalue weighted by Crippen LogP contribution is 2.30. The van der Waals surface area contributed by atoms with Gasteiger partial charge in [0.15, 0.2) is 0 Å². The van der Waals surface area contributed by atoms with Crippen molar-refractivity contribution in [2.45, 2.75) is 19.6 Å². The van der Waals surface area contributed by atoms with E-state index in [4.69, 9.17) is 4.74 Å². The minimum absolute atomic E-state index is 0.0678. The Balaban J connectivity index is 2.44. The van der Waals surface area contributed by atoms with Crippen LogP contribution in [0.15, 0.2) is 36.5 Å². The first-order chi connectivity index (χ1) is 9.93. The van der Waals surface area contributed by atoms with E-state index in [2.05, 4.69) is 4.98 Å². The summed E-state index contributed by atoms with van der Waals surface area (Å²) in [6, 6.07) is 8.53. The zero-order chi connectivity index (χ0) is 15.5. The number of carbonyl (C=O) groups is 1. The predicted octanol–water partition coefficient (Wildman–Crippen LogP) is 3.13. The van der Waals surface area contributed by atoms with E-state index in [1.54, 1.807) is 37.3 Å². The van der Waals surface area contributed by atoms with Crippen LogP contribution < -0.4 is 0 Å². The maximum absolute atomic E-state index is 13.0. The molecule has 0 spiro atoms. The van der Waals surface area contributed by atoms with Crippen molar-refractivity contribution in [1.82, 2.24) is 9.55 Å². The van der Waals surface area contributed by atoms with Crippen LogP contribution in [0.25, 0.3) is 0 Å². The largest absolute Gasteiger partial charge is 0.460 e. The number of alkyl halides is 3. The second kappa shape index (κ2) is 5.99. The molecule has 0 aliphatic rings. The minimum atomic E-state index is -4.59. The molecule has 2 rings (SSSR count). The van der Waals surface area contributed by atoms with E-state index in [1.165, 1.54) is 0 Å². The van der Waals surface area contributed by atoms with E-state index >= 15 is 0 Å². The molecular weight excluding hydrogens is 285 g/mol. The standard InChI is InChI=1S/C14H13F3N2O2/c1-2-21-13(20)12-18-8-11(14(15,16)17)19(12)9-10-6-4-3-5-7-10/h3-8H,2,9H2,1H3. The van der Waals surface area contributed by atoms with Gasteiger partial charge in [-0.2, -0.15) is 13.2 Å². The lowest BCUT2D eigenvalue weighted by Gasteiger charge is -2.13. The SMILES string of the molecule is CCOC(=O)c1ncc(C(F)(F)F)n1Cc1ccccc1. The summed E-state index contributed by atoms with van der Waals surface area (Å²) in [5, 5.41) is 0. The van der Waals surface area contributed by atoms with Crippen LogP contribution in [0.2, 0.25) is 0 Å². The molecule has 1 aromatic carbocycles. The number of halogens is 3. The molecule has 0 radical (unpaired) electrons. The van der Waals surface area contributed by atoms with Crippen molar-refractivity contribution < 1.29 is 22.7 Å². The molecule has 0 saturated heterocycles. The van der Waals surface area contributed by atoms with Gasteiger partial charge in [-0.25, -0.2) is 9.78 Å². The highest BCUT2D eigenvalue weighted by molar-refractivity contribution is 5.85.